The zero-order chi connectivity index (χ0) is 11.6. The number of aryl methyl sites for hydroxylation is 1. The maximum absolute atomic E-state index is 10.7. The highest BCUT2D eigenvalue weighted by Crippen LogP contribution is 2.26. The molecule has 0 aromatic heterocycles. The Hall–Kier alpha value is -1.51. The highest BCUT2D eigenvalue weighted by atomic mass is 16.4. The lowest BCUT2D eigenvalue weighted by molar-refractivity contribution is -0.141. The third-order valence-electron chi connectivity index (χ3n) is 2.69. The van der Waals surface area contributed by atoms with Gasteiger partial charge in [-0.25, -0.2) is 0 Å². The first-order valence-electron chi connectivity index (χ1n) is 4.94. The van der Waals surface area contributed by atoms with Crippen molar-refractivity contribution in [3.05, 3.63) is 28.8 Å². The molecule has 0 amide bonds. The summed E-state index contributed by atoms with van der Waals surface area (Å²) >= 11 is 0. The second-order valence-corrected chi connectivity index (χ2v) is 3.96. The van der Waals surface area contributed by atoms with Crippen LogP contribution in [-0.4, -0.2) is 16.2 Å². The lowest BCUT2D eigenvalue weighted by Gasteiger charge is -2.11. The molecule has 0 aliphatic rings. The molecule has 15 heavy (non-hydrogen) atoms. The van der Waals surface area contributed by atoms with E-state index in [9.17, 15) is 9.90 Å². The highest BCUT2D eigenvalue weighted by molar-refractivity contribution is 5.70. The van der Waals surface area contributed by atoms with E-state index in [1.54, 1.807) is 6.92 Å². The van der Waals surface area contributed by atoms with E-state index in [1.165, 1.54) is 0 Å². The predicted molar refractivity (Wildman–Crippen MR) is 58.1 cm³/mol. The van der Waals surface area contributed by atoms with Crippen molar-refractivity contribution in [1.82, 2.24) is 0 Å². The summed E-state index contributed by atoms with van der Waals surface area (Å²) in [4.78, 5) is 10.7. The van der Waals surface area contributed by atoms with Gasteiger partial charge in [0.25, 0.3) is 0 Å². The molecular formula is C12H16O3. The van der Waals surface area contributed by atoms with E-state index in [1.807, 2.05) is 26.0 Å². The third-order valence-corrected chi connectivity index (χ3v) is 2.69. The number of hydrogen-bond acceptors (Lipinski definition) is 2. The molecule has 3 nitrogen and oxygen atoms in total. The van der Waals surface area contributed by atoms with Crippen LogP contribution in [0.2, 0.25) is 0 Å². The number of aromatic hydroxyl groups is 1. The molecule has 0 bridgehead atoms. The van der Waals surface area contributed by atoms with Crippen molar-refractivity contribution in [2.24, 2.45) is 5.92 Å². The maximum atomic E-state index is 10.7. The highest BCUT2D eigenvalue weighted by Gasteiger charge is 2.14. The molecule has 0 saturated heterocycles. The SMILES string of the molecule is Cc1ccc(CC(C)C(=O)O)c(C)c1O. The van der Waals surface area contributed by atoms with Crippen LogP contribution < -0.4 is 0 Å². The second kappa shape index (κ2) is 4.34. The van der Waals surface area contributed by atoms with Gasteiger partial charge in [-0.1, -0.05) is 19.1 Å². The van der Waals surface area contributed by atoms with Gasteiger partial charge in [0, 0.05) is 0 Å². The summed E-state index contributed by atoms with van der Waals surface area (Å²) in [6.45, 7) is 5.30. The van der Waals surface area contributed by atoms with E-state index in [2.05, 4.69) is 0 Å². The summed E-state index contributed by atoms with van der Waals surface area (Å²) in [6, 6.07) is 3.69. The van der Waals surface area contributed by atoms with Gasteiger partial charge >= 0.3 is 5.97 Å². The van der Waals surface area contributed by atoms with Crippen LogP contribution >= 0.6 is 0 Å². The molecule has 0 saturated carbocycles. The van der Waals surface area contributed by atoms with Crippen LogP contribution in [0, 0.1) is 19.8 Å². The zero-order valence-electron chi connectivity index (χ0n) is 9.24. The van der Waals surface area contributed by atoms with E-state index >= 15 is 0 Å². The van der Waals surface area contributed by atoms with E-state index in [0.717, 1.165) is 16.7 Å². The molecule has 1 aromatic rings. The molecule has 1 atom stereocenters. The quantitative estimate of drug-likeness (QED) is 0.801. The van der Waals surface area contributed by atoms with Gasteiger partial charge in [0.2, 0.25) is 0 Å². The Morgan fingerprint density at radius 2 is 2.00 bits per heavy atom. The van der Waals surface area contributed by atoms with Gasteiger partial charge in [-0.15, -0.1) is 0 Å². The van der Waals surface area contributed by atoms with Crippen LogP contribution in [0.4, 0.5) is 0 Å². The molecule has 0 radical (unpaired) electrons. The summed E-state index contributed by atoms with van der Waals surface area (Å²) in [5, 5.41) is 18.5. The summed E-state index contributed by atoms with van der Waals surface area (Å²) in [5.74, 6) is -0.967. The Labute approximate surface area is 89.4 Å². The van der Waals surface area contributed by atoms with Crippen molar-refractivity contribution in [3.8, 4) is 5.75 Å². The average molecular weight is 208 g/mol. The van der Waals surface area contributed by atoms with Crippen molar-refractivity contribution >= 4 is 5.97 Å². The molecule has 82 valence electrons. The zero-order valence-corrected chi connectivity index (χ0v) is 9.24. The Bertz CT molecular complexity index is 383. The molecular weight excluding hydrogens is 192 g/mol. The smallest absolute Gasteiger partial charge is 0.306 e. The standard InChI is InChI=1S/C12H16O3/c1-7-4-5-10(9(3)11(7)13)6-8(2)12(14)15/h4-5,8,13H,6H2,1-3H3,(H,14,15). The number of carbonyl (C=O) groups is 1. The van der Waals surface area contributed by atoms with Gasteiger partial charge in [-0.2, -0.15) is 0 Å². The largest absolute Gasteiger partial charge is 0.507 e. The van der Waals surface area contributed by atoms with Crippen molar-refractivity contribution in [2.75, 3.05) is 0 Å². The number of benzene rings is 1. The Morgan fingerprint density at radius 1 is 1.40 bits per heavy atom. The van der Waals surface area contributed by atoms with Crippen molar-refractivity contribution in [2.45, 2.75) is 27.2 Å². The Balaban J connectivity index is 2.97. The number of carboxylic acids is 1. The van der Waals surface area contributed by atoms with Gasteiger partial charge in [0.05, 0.1) is 5.92 Å². The van der Waals surface area contributed by atoms with Gasteiger partial charge in [-0.05, 0) is 37.0 Å². The minimum atomic E-state index is -0.811. The Morgan fingerprint density at radius 3 is 2.53 bits per heavy atom. The summed E-state index contributed by atoms with van der Waals surface area (Å²) in [7, 11) is 0. The summed E-state index contributed by atoms with van der Waals surface area (Å²) < 4.78 is 0. The fourth-order valence-corrected chi connectivity index (χ4v) is 1.52. The minimum absolute atomic E-state index is 0.269. The second-order valence-electron chi connectivity index (χ2n) is 3.96. The fourth-order valence-electron chi connectivity index (χ4n) is 1.52. The predicted octanol–water partition coefficient (Wildman–Crippen LogP) is 2.27. The first-order chi connectivity index (χ1) is 6.93. The average Bonchev–Trinajstić information content (AvgIpc) is 2.18. The number of aliphatic carboxylic acids is 1. The van der Waals surface area contributed by atoms with E-state index in [4.69, 9.17) is 5.11 Å². The van der Waals surface area contributed by atoms with E-state index < -0.39 is 11.9 Å². The van der Waals surface area contributed by atoms with Gasteiger partial charge in [-0.3, -0.25) is 4.79 Å². The first kappa shape index (κ1) is 11.6. The third kappa shape index (κ3) is 2.49. The molecule has 0 aliphatic carbocycles. The topological polar surface area (TPSA) is 57.5 Å². The molecule has 1 unspecified atom stereocenters. The van der Waals surface area contributed by atoms with Crippen LogP contribution in [0.3, 0.4) is 0 Å². The van der Waals surface area contributed by atoms with Crippen LogP contribution in [0.5, 0.6) is 5.75 Å². The van der Waals surface area contributed by atoms with E-state index in [-0.39, 0.29) is 5.75 Å². The Kier molecular flexibility index (Phi) is 3.35. The van der Waals surface area contributed by atoms with E-state index in [0.29, 0.717) is 6.42 Å². The van der Waals surface area contributed by atoms with Gasteiger partial charge in [0.1, 0.15) is 5.75 Å². The normalized spacial score (nSPS) is 12.5. The first-order valence-corrected chi connectivity index (χ1v) is 4.94. The molecule has 1 aromatic carbocycles. The van der Waals surface area contributed by atoms with Gasteiger partial charge < -0.3 is 10.2 Å². The molecule has 1 rings (SSSR count). The minimum Gasteiger partial charge on any atom is -0.507 e. The summed E-state index contributed by atoms with van der Waals surface area (Å²) in [5.41, 5.74) is 2.50. The van der Waals surface area contributed by atoms with Crippen LogP contribution in [0.1, 0.15) is 23.6 Å². The number of phenols is 1. The summed E-state index contributed by atoms with van der Waals surface area (Å²) in [6.07, 6.45) is 0.453. The lowest BCUT2D eigenvalue weighted by Crippen LogP contribution is -2.13. The molecule has 0 spiro atoms. The molecule has 0 aliphatic heterocycles. The number of phenolic OH excluding ortho intramolecular Hbond substituents is 1. The molecule has 0 heterocycles. The van der Waals surface area contributed by atoms with Crippen molar-refractivity contribution < 1.29 is 15.0 Å². The maximum Gasteiger partial charge on any atom is 0.306 e. The lowest BCUT2D eigenvalue weighted by atomic mass is 9.95. The number of carboxylic acid groups (broad SMARTS) is 1. The van der Waals surface area contributed by atoms with Crippen LogP contribution in [0.25, 0.3) is 0 Å². The molecule has 3 heteroatoms. The van der Waals surface area contributed by atoms with Crippen LogP contribution in [0.15, 0.2) is 12.1 Å². The number of rotatable bonds is 3. The van der Waals surface area contributed by atoms with Crippen molar-refractivity contribution in [1.29, 1.82) is 0 Å². The fraction of sp³-hybridized carbons (Fsp3) is 0.417. The van der Waals surface area contributed by atoms with Crippen molar-refractivity contribution in [3.63, 3.8) is 0 Å². The number of hydrogen-bond donors (Lipinski definition) is 2. The van der Waals surface area contributed by atoms with Gasteiger partial charge in [0.15, 0.2) is 0 Å². The molecule has 2 N–H and O–H groups in total. The molecule has 0 fully saturated rings. The monoisotopic (exact) mass is 208 g/mol. The van der Waals surface area contributed by atoms with Crippen LogP contribution in [-0.2, 0) is 11.2 Å².